The van der Waals surface area contributed by atoms with Crippen molar-refractivity contribution in [2.24, 2.45) is 17.0 Å². The van der Waals surface area contributed by atoms with E-state index in [2.05, 4.69) is 15.3 Å². The molecule has 8 nitrogen and oxygen atoms in total. The van der Waals surface area contributed by atoms with Gasteiger partial charge in [0.05, 0.1) is 18.1 Å². The number of nitrogens with one attached hydrogen (secondary N) is 1. The van der Waals surface area contributed by atoms with E-state index in [4.69, 9.17) is 10.3 Å². The van der Waals surface area contributed by atoms with E-state index in [1.807, 2.05) is 26.0 Å². The smallest absolute Gasteiger partial charge is 0.293 e. The summed E-state index contributed by atoms with van der Waals surface area (Å²) in [6, 6.07) is -0.724. The molecule has 2 N–H and O–H groups in total. The highest BCUT2D eigenvalue weighted by atomic mass is 16.5. The number of rotatable bonds is 10. The molecule has 0 spiro atoms. The lowest BCUT2D eigenvalue weighted by atomic mass is 9.79. The van der Waals surface area contributed by atoms with Gasteiger partial charge in [-0.1, -0.05) is 31.1 Å². The zero-order valence-electron chi connectivity index (χ0n) is 14.4. The Kier molecular flexibility index (Phi) is 7.74. The van der Waals surface area contributed by atoms with E-state index < -0.39 is 23.7 Å². The normalized spacial score (nSPS) is 28.9. The number of carbonyl (C=O) groups is 2. The summed E-state index contributed by atoms with van der Waals surface area (Å²) < 4.78 is 5.25. The summed E-state index contributed by atoms with van der Waals surface area (Å²) >= 11 is 0. The Balaban J connectivity index is 3.07. The topological polar surface area (TPSA) is 124 Å². The van der Waals surface area contributed by atoms with Crippen molar-refractivity contribution in [3.63, 3.8) is 0 Å². The Morgan fingerprint density at radius 1 is 1.54 bits per heavy atom. The number of ether oxygens (including phenoxy) is 1. The van der Waals surface area contributed by atoms with Crippen molar-refractivity contribution in [2.45, 2.75) is 57.8 Å². The maximum atomic E-state index is 12.3. The third kappa shape index (κ3) is 4.27. The number of amides is 1. The maximum Gasteiger partial charge on any atom is 0.293 e. The molecular formula is C16H26N4O4. The van der Waals surface area contributed by atoms with E-state index in [9.17, 15) is 14.7 Å². The largest absolute Gasteiger partial charge is 0.458 e. The first kappa shape index (κ1) is 20.0. The van der Waals surface area contributed by atoms with Crippen LogP contribution < -0.4 is 5.32 Å². The zero-order chi connectivity index (χ0) is 18.2. The van der Waals surface area contributed by atoms with E-state index in [0.717, 1.165) is 6.42 Å². The molecule has 24 heavy (non-hydrogen) atoms. The molecule has 0 bridgehead atoms. The number of aliphatic hydroxyl groups is 1. The molecule has 0 aromatic rings. The average molecular weight is 338 g/mol. The first-order valence-corrected chi connectivity index (χ1v) is 8.23. The Labute approximate surface area is 141 Å². The molecule has 1 fully saturated rings. The third-order valence-corrected chi connectivity index (χ3v) is 4.68. The van der Waals surface area contributed by atoms with Gasteiger partial charge in [0.15, 0.2) is 0 Å². The first-order valence-electron chi connectivity index (χ1n) is 8.23. The molecule has 0 unspecified atom stereocenters. The first-order chi connectivity index (χ1) is 11.5. The predicted octanol–water partition coefficient (Wildman–Crippen LogP) is 2.09. The van der Waals surface area contributed by atoms with Crippen LogP contribution in [0, 0.1) is 11.8 Å². The van der Waals surface area contributed by atoms with Crippen LogP contribution in [0.15, 0.2) is 17.3 Å². The van der Waals surface area contributed by atoms with E-state index in [1.54, 1.807) is 6.92 Å². The highest BCUT2D eigenvalue weighted by molar-refractivity contribution is 5.84. The van der Waals surface area contributed by atoms with Crippen molar-refractivity contribution < 1.29 is 19.4 Å². The molecule has 134 valence electrons. The Hall–Kier alpha value is -2.05. The highest BCUT2D eigenvalue weighted by Gasteiger charge is 2.56. The molecule has 1 aliphatic heterocycles. The summed E-state index contributed by atoms with van der Waals surface area (Å²) in [4.78, 5) is 26.0. The minimum atomic E-state index is -1.20. The highest BCUT2D eigenvalue weighted by Crippen LogP contribution is 2.37. The fourth-order valence-corrected chi connectivity index (χ4v) is 3.26. The summed E-state index contributed by atoms with van der Waals surface area (Å²) in [5, 5.41) is 17.0. The molecule has 1 saturated heterocycles. The van der Waals surface area contributed by atoms with Gasteiger partial charge >= 0.3 is 0 Å². The van der Waals surface area contributed by atoms with Crippen LogP contribution in [-0.2, 0) is 14.3 Å². The lowest BCUT2D eigenvalue weighted by molar-refractivity contribution is -0.152. The van der Waals surface area contributed by atoms with Gasteiger partial charge in [-0.2, -0.15) is 0 Å². The average Bonchev–Trinajstić information content (AvgIpc) is 2.80. The number of hydrogen-bond acceptors (Lipinski definition) is 5. The number of carbonyl (C=O) groups excluding carboxylic acids is 2. The molecule has 1 amide bonds. The number of aliphatic hydroxyl groups excluding tert-OH is 1. The van der Waals surface area contributed by atoms with Crippen LogP contribution in [0.25, 0.3) is 10.4 Å². The molecule has 0 saturated carbocycles. The second kappa shape index (κ2) is 9.30. The summed E-state index contributed by atoms with van der Waals surface area (Å²) in [5.41, 5.74) is 7.19. The SMILES string of the molecule is CC/C=C\[C@H](CC)[C@H](O)[C@@H]1NC(=O)[C@H](CCN=[N+]=[N-])[C@]1(C)OC=O. The second-order valence-corrected chi connectivity index (χ2v) is 6.08. The molecule has 0 aromatic heterocycles. The van der Waals surface area contributed by atoms with Gasteiger partial charge in [0, 0.05) is 17.4 Å². The quantitative estimate of drug-likeness (QED) is 0.208. The summed E-state index contributed by atoms with van der Waals surface area (Å²) in [7, 11) is 0. The fourth-order valence-electron chi connectivity index (χ4n) is 3.26. The van der Waals surface area contributed by atoms with Gasteiger partial charge in [0.25, 0.3) is 6.47 Å². The maximum absolute atomic E-state index is 12.3. The van der Waals surface area contributed by atoms with Crippen LogP contribution in [0.4, 0.5) is 0 Å². The molecule has 0 aliphatic carbocycles. The molecule has 0 aromatic carbocycles. The molecule has 0 radical (unpaired) electrons. The van der Waals surface area contributed by atoms with E-state index in [0.29, 0.717) is 12.9 Å². The van der Waals surface area contributed by atoms with Crippen LogP contribution >= 0.6 is 0 Å². The van der Waals surface area contributed by atoms with Crippen molar-refractivity contribution in [2.75, 3.05) is 6.54 Å². The van der Waals surface area contributed by atoms with E-state index in [1.165, 1.54) is 0 Å². The van der Waals surface area contributed by atoms with E-state index >= 15 is 0 Å². The second-order valence-electron chi connectivity index (χ2n) is 6.08. The molecule has 5 atom stereocenters. The Bertz CT molecular complexity index is 518. The standard InChI is InChI=1S/C16H26N4O4/c1-4-6-7-11(5-2)13(22)14-16(3,24-10-21)12(15(23)19-14)8-9-18-20-17/h6-7,10-14,22H,4-5,8-9H2,1-3H3,(H,19,23)/b7-6-/t11-,12-,13-,14-,16-/m0/s1. The lowest BCUT2D eigenvalue weighted by Gasteiger charge is -2.37. The molecule has 1 heterocycles. The van der Waals surface area contributed by atoms with Crippen LogP contribution in [-0.4, -0.2) is 41.8 Å². The van der Waals surface area contributed by atoms with Gasteiger partial charge in [-0.15, -0.1) is 0 Å². The monoisotopic (exact) mass is 338 g/mol. The number of allylic oxidation sites excluding steroid dienone is 1. The summed E-state index contributed by atoms with van der Waals surface area (Å²) in [6.07, 6.45) is 4.76. The van der Waals surface area contributed by atoms with Crippen molar-refractivity contribution >= 4 is 12.4 Å². The predicted molar refractivity (Wildman–Crippen MR) is 88.8 cm³/mol. The molecular weight excluding hydrogens is 312 g/mol. The van der Waals surface area contributed by atoms with Crippen molar-refractivity contribution in [3.05, 3.63) is 22.6 Å². The number of nitrogens with zero attached hydrogens (tertiary/aromatic N) is 3. The molecule has 1 aliphatic rings. The van der Waals surface area contributed by atoms with Crippen molar-refractivity contribution in [1.29, 1.82) is 0 Å². The van der Waals surface area contributed by atoms with Crippen LogP contribution in [0.1, 0.15) is 40.0 Å². The Morgan fingerprint density at radius 2 is 2.25 bits per heavy atom. The number of azide groups is 1. The van der Waals surface area contributed by atoms with E-state index in [-0.39, 0.29) is 24.8 Å². The van der Waals surface area contributed by atoms with Gasteiger partial charge in [-0.3, -0.25) is 9.59 Å². The molecule has 8 heteroatoms. The van der Waals surface area contributed by atoms with Gasteiger partial charge in [-0.05, 0) is 31.7 Å². The van der Waals surface area contributed by atoms with Gasteiger partial charge in [0.1, 0.15) is 5.60 Å². The van der Waals surface area contributed by atoms with Crippen LogP contribution in [0.5, 0.6) is 0 Å². The third-order valence-electron chi connectivity index (χ3n) is 4.68. The van der Waals surface area contributed by atoms with Gasteiger partial charge in [-0.25, -0.2) is 0 Å². The van der Waals surface area contributed by atoms with Gasteiger partial charge < -0.3 is 15.2 Å². The minimum absolute atomic E-state index is 0.113. The molecule has 1 rings (SSSR count). The van der Waals surface area contributed by atoms with Crippen LogP contribution in [0.3, 0.4) is 0 Å². The minimum Gasteiger partial charge on any atom is -0.458 e. The van der Waals surface area contributed by atoms with Crippen molar-refractivity contribution in [1.82, 2.24) is 5.32 Å². The zero-order valence-corrected chi connectivity index (χ0v) is 14.4. The fraction of sp³-hybridized carbons (Fsp3) is 0.750. The van der Waals surface area contributed by atoms with Crippen molar-refractivity contribution in [3.8, 4) is 0 Å². The van der Waals surface area contributed by atoms with Gasteiger partial charge in [0.2, 0.25) is 5.91 Å². The Morgan fingerprint density at radius 3 is 2.79 bits per heavy atom. The summed E-state index contributed by atoms with van der Waals surface area (Å²) in [6.45, 7) is 5.98. The van der Waals surface area contributed by atoms with Crippen LogP contribution in [0.2, 0.25) is 0 Å². The lowest BCUT2D eigenvalue weighted by Crippen LogP contribution is -2.54. The summed E-state index contributed by atoms with van der Waals surface area (Å²) in [5.74, 6) is -1.16. The number of hydrogen-bond donors (Lipinski definition) is 2.